The molecule has 0 aromatic heterocycles. The normalized spacial score (nSPS) is 16.5. The predicted molar refractivity (Wildman–Crippen MR) is 177 cm³/mol. The van der Waals surface area contributed by atoms with Crippen LogP contribution in [0.4, 0.5) is 0 Å². The van der Waals surface area contributed by atoms with Crippen LogP contribution in [0.5, 0.6) is 0 Å². The van der Waals surface area contributed by atoms with Gasteiger partial charge in [0, 0.05) is 12.5 Å². The Morgan fingerprint density at radius 1 is 0.837 bits per heavy atom. The van der Waals surface area contributed by atoms with Gasteiger partial charge in [-0.05, 0) is 76.7 Å². The summed E-state index contributed by atoms with van der Waals surface area (Å²) < 4.78 is 11.3. The van der Waals surface area contributed by atoms with Crippen LogP contribution in [-0.2, 0) is 23.9 Å². The Balaban J connectivity index is 5.58. The van der Waals surface area contributed by atoms with Gasteiger partial charge in [-0.3, -0.25) is 19.7 Å². The number of aliphatic hydroxyl groups excluding tert-OH is 1. The average molecular weight is 633 g/mol. The molecule has 5 N–H and O–H groups in total. The van der Waals surface area contributed by atoms with Crippen molar-refractivity contribution >= 4 is 29.5 Å². The van der Waals surface area contributed by atoms with E-state index in [2.05, 4.69) is 21.3 Å². The number of hydrogen-bond acceptors (Lipinski definition) is 8. The molecule has 0 aromatic rings. The average Bonchev–Trinajstić information content (AvgIpc) is 2.89. The zero-order chi connectivity index (χ0) is 33.3. The summed E-state index contributed by atoms with van der Waals surface area (Å²) in [5.74, 6) is -0.188. The van der Waals surface area contributed by atoms with E-state index in [0.717, 1.165) is 0 Å². The number of nitrogens with one attached hydrogen (secondary N) is 4. The highest BCUT2D eigenvalue weighted by atomic mass is 32.2. The molecule has 0 bridgehead atoms. The number of carbonyl (C=O) groups excluding carboxylic acids is 3. The molecule has 0 aliphatic carbocycles. The number of ether oxygens (including phenoxy) is 2. The van der Waals surface area contributed by atoms with Gasteiger partial charge in [-0.15, -0.1) is 0 Å². The van der Waals surface area contributed by atoms with Crippen molar-refractivity contribution in [2.75, 3.05) is 32.0 Å². The predicted octanol–water partition coefficient (Wildman–Crippen LogP) is 3.71. The minimum Gasteiger partial charge on any atom is -0.391 e. The quantitative estimate of drug-likeness (QED) is 0.114. The van der Waals surface area contributed by atoms with E-state index >= 15 is 0 Å². The second-order valence-electron chi connectivity index (χ2n) is 13.6. The van der Waals surface area contributed by atoms with Gasteiger partial charge in [0.15, 0.2) is 0 Å². The summed E-state index contributed by atoms with van der Waals surface area (Å²) in [5.41, 5.74) is -0.351. The zero-order valence-electron chi connectivity index (χ0n) is 29.0. The topological polar surface area (TPSA) is 138 Å². The maximum Gasteiger partial charge on any atom is 0.242 e. The summed E-state index contributed by atoms with van der Waals surface area (Å²) in [7, 11) is 0. The van der Waals surface area contributed by atoms with Crippen molar-refractivity contribution in [2.24, 2.45) is 23.7 Å². The monoisotopic (exact) mass is 632 g/mol. The van der Waals surface area contributed by atoms with Crippen molar-refractivity contribution in [3.8, 4) is 0 Å². The number of aliphatic hydroxyl groups is 1. The number of thioether (sulfide) groups is 1. The summed E-state index contributed by atoms with van der Waals surface area (Å²) in [4.78, 5) is 39.9. The highest BCUT2D eigenvalue weighted by molar-refractivity contribution is 7.98. The second-order valence-corrected chi connectivity index (χ2v) is 14.6. The van der Waals surface area contributed by atoms with Crippen LogP contribution in [-0.4, -0.2) is 90.7 Å². The largest absolute Gasteiger partial charge is 0.391 e. The van der Waals surface area contributed by atoms with Gasteiger partial charge in [-0.2, -0.15) is 11.8 Å². The first-order chi connectivity index (χ1) is 19.9. The molecule has 254 valence electrons. The molecule has 0 heterocycles. The molecule has 0 aliphatic rings. The van der Waals surface area contributed by atoms with Crippen molar-refractivity contribution in [1.82, 2.24) is 21.3 Å². The Morgan fingerprint density at radius 3 is 1.93 bits per heavy atom. The minimum atomic E-state index is -0.937. The summed E-state index contributed by atoms with van der Waals surface area (Å²) in [6, 6.07) is -2.00. The molecule has 0 rings (SSSR count). The lowest BCUT2D eigenvalue weighted by Crippen LogP contribution is -2.57. The molecule has 3 amide bonds. The third-order valence-electron chi connectivity index (χ3n) is 7.20. The maximum absolute atomic E-state index is 13.6. The molecule has 11 heteroatoms. The van der Waals surface area contributed by atoms with Crippen molar-refractivity contribution in [3.63, 3.8) is 0 Å². The molecule has 10 nitrogen and oxygen atoms in total. The fourth-order valence-electron chi connectivity index (χ4n) is 4.45. The van der Waals surface area contributed by atoms with Crippen LogP contribution in [0.15, 0.2) is 0 Å². The van der Waals surface area contributed by atoms with Gasteiger partial charge in [0.1, 0.15) is 6.04 Å². The summed E-state index contributed by atoms with van der Waals surface area (Å²) >= 11 is 1.59. The van der Waals surface area contributed by atoms with Crippen LogP contribution in [0.1, 0.15) is 95.4 Å². The molecule has 0 saturated heterocycles. The standard InChI is InChI=1S/C32H64N4O6S/c1-13-41-18-26(21(4)5)36-29(38)23(8)17-27(37)25(16-20(2)3)35-30(39)24(14-15-43-12)34-31(40)28(22(6)7)33-19-42-32(9,10)11/h20-28,33,37H,13-19H2,1-12H3,(H,34,40)(H,35,39)(H,36,38)/t23-,24+,25+,26-,27+,28+/m1/s1. The smallest absolute Gasteiger partial charge is 0.242 e. The van der Waals surface area contributed by atoms with Crippen LogP contribution in [0.3, 0.4) is 0 Å². The highest BCUT2D eigenvalue weighted by Gasteiger charge is 2.32. The van der Waals surface area contributed by atoms with E-state index < -0.39 is 30.1 Å². The number of amides is 3. The Bertz CT molecular complexity index is 805. The van der Waals surface area contributed by atoms with Gasteiger partial charge in [0.05, 0.1) is 43.2 Å². The number of rotatable bonds is 22. The maximum atomic E-state index is 13.6. The molecule has 0 spiro atoms. The molecule has 6 atom stereocenters. The van der Waals surface area contributed by atoms with Gasteiger partial charge < -0.3 is 30.5 Å². The SMILES string of the molecule is CCOC[C@@H](NC(=O)[C@H](C)C[C@H](O)[C@H](CC(C)C)NC(=O)[C@H](CCSC)NC(=O)[C@@H](NCOC(C)(C)C)C(C)C)C(C)C. The lowest BCUT2D eigenvalue weighted by atomic mass is 9.91. The molecule has 0 aliphatic heterocycles. The van der Waals surface area contributed by atoms with Crippen LogP contribution in [0.2, 0.25) is 0 Å². The van der Waals surface area contributed by atoms with Crippen LogP contribution in [0, 0.1) is 23.7 Å². The molecule has 0 fully saturated rings. The van der Waals surface area contributed by atoms with Gasteiger partial charge in [-0.25, -0.2) is 0 Å². The molecular formula is C32H64N4O6S. The zero-order valence-corrected chi connectivity index (χ0v) is 29.9. The molecule has 0 unspecified atom stereocenters. The molecular weight excluding hydrogens is 568 g/mol. The first-order valence-electron chi connectivity index (χ1n) is 16.0. The second kappa shape index (κ2) is 21.4. The molecule has 0 radical (unpaired) electrons. The van der Waals surface area contributed by atoms with Gasteiger partial charge in [-0.1, -0.05) is 48.5 Å². The highest BCUT2D eigenvalue weighted by Crippen LogP contribution is 2.17. The summed E-state index contributed by atoms with van der Waals surface area (Å²) in [6.07, 6.45) is 2.19. The Labute approximate surface area is 266 Å². The summed E-state index contributed by atoms with van der Waals surface area (Å²) in [6.45, 7) is 22.7. The third-order valence-corrected chi connectivity index (χ3v) is 7.84. The fourth-order valence-corrected chi connectivity index (χ4v) is 4.92. The van der Waals surface area contributed by atoms with Crippen molar-refractivity contribution in [1.29, 1.82) is 0 Å². The van der Waals surface area contributed by atoms with Gasteiger partial charge in [0.25, 0.3) is 0 Å². The molecule has 0 saturated carbocycles. The fraction of sp³-hybridized carbons (Fsp3) is 0.906. The van der Waals surface area contributed by atoms with E-state index in [-0.39, 0.29) is 60.3 Å². The first kappa shape index (κ1) is 41.6. The van der Waals surface area contributed by atoms with Crippen molar-refractivity contribution in [2.45, 2.75) is 131 Å². The lowest BCUT2D eigenvalue weighted by Gasteiger charge is -2.31. The van der Waals surface area contributed by atoms with Crippen molar-refractivity contribution < 1.29 is 29.0 Å². The van der Waals surface area contributed by atoms with E-state index in [9.17, 15) is 19.5 Å². The Morgan fingerprint density at radius 2 is 1.44 bits per heavy atom. The number of hydrogen-bond donors (Lipinski definition) is 5. The van der Waals surface area contributed by atoms with E-state index in [1.54, 1.807) is 18.7 Å². The first-order valence-corrected chi connectivity index (χ1v) is 17.4. The van der Waals surface area contributed by atoms with Crippen LogP contribution < -0.4 is 21.3 Å². The molecule has 0 aromatic carbocycles. The summed E-state index contributed by atoms with van der Waals surface area (Å²) in [5, 5.41) is 23.4. The minimum absolute atomic E-state index is 0.0280. The van der Waals surface area contributed by atoms with Crippen molar-refractivity contribution in [3.05, 3.63) is 0 Å². The Hall–Kier alpha value is -1.40. The van der Waals surface area contributed by atoms with Gasteiger partial charge in [0.2, 0.25) is 17.7 Å². The van der Waals surface area contributed by atoms with E-state index in [4.69, 9.17) is 9.47 Å². The molecule has 43 heavy (non-hydrogen) atoms. The van der Waals surface area contributed by atoms with E-state index in [1.807, 2.05) is 75.5 Å². The third kappa shape index (κ3) is 18.2. The lowest BCUT2D eigenvalue weighted by molar-refractivity contribution is -0.132. The van der Waals surface area contributed by atoms with E-state index in [1.165, 1.54) is 0 Å². The van der Waals surface area contributed by atoms with Crippen LogP contribution in [0.25, 0.3) is 0 Å². The van der Waals surface area contributed by atoms with E-state index in [0.29, 0.717) is 31.8 Å². The van der Waals surface area contributed by atoms with Crippen LogP contribution >= 0.6 is 11.8 Å². The Kier molecular flexibility index (Phi) is 20.7. The number of carbonyl (C=O) groups is 3. The van der Waals surface area contributed by atoms with Gasteiger partial charge >= 0.3 is 0 Å².